The van der Waals surface area contributed by atoms with Crippen LogP contribution in [0.2, 0.25) is 0 Å². The van der Waals surface area contributed by atoms with Gasteiger partial charge in [-0.2, -0.15) is 0 Å². The molecule has 0 spiro atoms. The Balaban J connectivity index is 2.19. The second kappa shape index (κ2) is 8.84. The lowest BCUT2D eigenvalue weighted by Gasteiger charge is -2.14. The Morgan fingerprint density at radius 1 is 1.18 bits per heavy atom. The molecule has 146 valence electrons. The molecule has 3 rings (SSSR count). The highest BCUT2D eigenvalue weighted by Gasteiger charge is 2.26. The van der Waals surface area contributed by atoms with E-state index in [2.05, 4.69) is 67.4 Å². The smallest absolute Gasteiger partial charge is 0.250 e. The van der Waals surface area contributed by atoms with Crippen molar-refractivity contribution in [2.45, 2.75) is 43.2 Å². The molecule has 0 aliphatic rings. The van der Waals surface area contributed by atoms with Crippen molar-refractivity contribution in [1.29, 1.82) is 0 Å². The van der Waals surface area contributed by atoms with Crippen LogP contribution in [-0.2, 0) is 6.54 Å². The molecule has 3 aromatic rings. The maximum absolute atomic E-state index is 12.3. The Morgan fingerprint density at radius 3 is 2.32 bits per heavy atom. The van der Waals surface area contributed by atoms with Crippen molar-refractivity contribution in [3.63, 3.8) is 0 Å². The third kappa shape index (κ3) is 4.53. The summed E-state index contributed by atoms with van der Waals surface area (Å²) < 4.78 is 4.17. The Hall–Kier alpha value is -1.57. The number of benzene rings is 1. The maximum Gasteiger partial charge on any atom is 0.250 e. The fourth-order valence-corrected chi connectivity index (χ4v) is 6.20. The standard InChI is InChI=1S/C21H21Br2N3OS/c1-12(2)18-19(20(24)27)13(3)26(11-14-4-6-25-7-5-14)21(18)28-17-9-15(22)8-16(23)10-17/h4-10,12H,11H2,1-3H3,(H2,24,27). The predicted octanol–water partition coefficient (Wildman–Crippen LogP) is 6.14. The number of nitrogens with two attached hydrogens (primary N) is 1. The monoisotopic (exact) mass is 521 g/mol. The lowest BCUT2D eigenvalue weighted by Crippen LogP contribution is -2.14. The van der Waals surface area contributed by atoms with Crippen molar-refractivity contribution < 1.29 is 4.79 Å². The van der Waals surface area contributed by atoms with Gasteiger partial charge in [0, 0.05) is 38.5 Å². The first kappa shape index (κ1) is 21.1. The molecular weight excluding hydrogens is 502 g/mol. The van der Waals surface area contributed by atoms with Gasteiger partial charge in [-0.1, -0.05) is 57.5 Å². The molecule has 1 amide bonds. The number of halogens is 2. The van der Waals surface area contributed by atoms with E-state index in [-0.39, 0.29) is 11.8 Å². The summed E-state index contributed by atoms with van der Waals surface area (Å²) in [5, 5.41) is 1.04. The van der Waals surface area contributed by atoms with Crippen LogP contribution >= 0.6 is 43.6 Å². The minimum atomic E-state index is -0.382. The minimum absolute atomic E-state index is 0.165. The van der Waals surface area contributed by atoms with Gasteiger partial charge in [0.25, 0.3) is 5.91 Å². The highest BCUT2D eigenvalue weighted by molar-refractivity contribution is 9.11. The number of pyridine rings is 1. The first-order valence-corrected chi connectivity index (χ1v) is 11.2. The number of amides is 1. The largest absolute Gasteiger partial charge is 0.366 e. The average Bonchev–Trinajstić information content (AvgIpc) is 2.88. The normalized spacial score (nSPS) is 11.2. The zero-order chi connectivity index (χ0) is 20.4. The molecular formula is C21H21Br2N3OS. The van der Waals surface area contributed by atoms with Crippen LogP contribution in [0.1, 0.15) is 46.9 Å². The first-order valence-electron chi connectivity index (χ1n) is 8.83. The molecule has 0 radical (unpaired) electrons. The summed E-state index contributed by atoms with van der Waals surface area (Å²) in [5.41, 5.74) is 9.42. The quantitative estimate of drug-likeness (QED) is 0.423. The van der Waals surface area contributed by atoms with Gasteiger partial charge in [-0.25, -0.2) is 0 Å². The molecule has 0 atom stereocenters. The van der Waals surface area contributed by atoms with E-state index in [9.17, 15) is 4.79 Å². The maximum atomic E-state index is 12.3. The lowest BCUT2D eigenvalue weighted by molar-refractivity contribution is 0.0998. The molecule has 2 aromatic heterocycles. The lowest BCUT2D eigenvalue weighted by atomic mass is 10.0. The number of nitrogens with zero attached hydrogens (tertiary/aromatic N) is 2. The van der Waals surface area contributed by atoms with E-state index < -0.39 is 0 Å². The van der Waals surface area contributed by atoms with Gasteiger partial charge in [0.05, 0.1) is 10.6 Å². The highest BCUT2D eigenvalue weighted by Crippen LogP contribution is 2.41. The van der Waals surface area contributed by atoms with E-state index in [0.717, 1.165) is 35.7 Å². The Bertz CT molecular complexity index is 996. The minimum Gasteiger partial charge on any atom is -0.366 e. The van der Waals surface area contributed by atoms with Gasteiger partial charge in [-0.15, -0.1) is 0 Å². The SMILES string of the molecule is Cc1c(C(N)=O)c(C(C)C)c(Sc2cc(Br)cc(Br)c2)n1Cc1ccncc1. The molecule has 0 aliphatic carbocycles. The molecule has 0 bridgehead atoms. The summed E-state index contributed by atoms with van der Waals surface area (Å²) in [7, 11) is 0. The van der Waals surface area contributed by atoms with Gasteiger partial charge in [0.2, 0.25) is 0 Å². The average molecular weight is 523 g/mol. The summed E-state index contributed by atoms with van der Waals surface area (Å²) in [6.45, 7) is 6.81. The van der Waals surface area contributed by atoms with Crippen molar-refractivity contribution in [2.24, 2.45) is 5.73 Å². The Labute approximate surface area is 186 Å². The second-order valence-electron chi connectivity index (χ2n) is 6.85. The van der Waals surface area contributed by atoms with Crippen molar-refractivity contribution in [3.8, 4) is 0 Å². The van der Waals surface area contributed by atoms with Crippen molar-refractivity contribution >= 4 is 49.5 Å². The number of hydrogen-bond donors (Lipinski definition) is 1. The number of carbonyl (C=O) groups is 1. The van der Waals surface area contributed by atoms with Crippen LogP contribution in [0.25, 0.3) is 0 Å². The van der Waals surface area contributed by atoms with Gasteiger partial charge in [0.15, 0.2) is 0 Å². The fourth-order valence-electron chi connectivity index (χ4n) is 3.25. The van der Waals surface area contributed by atoms with Gasteiger partial charge in [-0.3, -0.25) is 9.78 Å². The fraction of sp³-hybridized carbons (Fsp3) is 0.238. The zero-order valence-electron chi connectivity index (χ0n) is 15.9. The van der Waals surface area contributed by atoms with Gasteiger partial charge >= 0.3 is 0 Å². The van der Waals surface area contributed by atoms with E-state index in [1.54, 1.807) is 24.2 Å². The van der Waals surface area contributed by atoms with Crippen molar-refractivity contribution in [1.82, 2.24) is 9.55 Å². The van der Waals surface area contributed by atoms with Crippen LogP contribution in [-0.4, -0.2) is 15.5 Å². The van der Waals surface area contributed by atoms with Crippen LogP contribution in [0.15, 0.2) is 61.6 Å². The number of primary amides is 1. The zero-order valence-corrected chi connectivity index (χ0v) is 19.9. The molecule has 0 saturated carbocycles. The van der Waals surface area contributed by atoms with E-state index in [1.807, 2.05) is 25.1 Å². The molecule has 2 N–H and O–H groups in total. The predicted molar refractivity (Wildman–Crippen MR) is 121 cm³/mol. The molecule has 0 saturated heterocycles. The highest BCUT2D eigenvalue weighted by atomic mass is 79.9. The van der Waals surface area contributed by atoms with E-state index in [0.29, 0.717) is 12.1 Å². The Kier molecular flexibility index (Phi) is 6.68. The number of hydrogen-bond acceptors (Lipinski definition) is 3. The van der Waals surface area contributed by atoms with Gasteiger partial charge in [0.1, 0.15) is 0 Å². The molecule has 2 heterocycles. The van der Waals surface area contributed by atoms with Crippen LogP contribution in [0.4, 0.5) is 0 Å². The van der Waals surface area contributed by atoms with Gasteiger partial charge in [-0.05, 0) is 54.3 Å². The van der Waals surface area contributed by atoms with E-state index >= 15 is 0 Å². The third-order valence-corrected chi connectivity index (χ3v) is 6.50. The summed E-state index contributed by atoms with van der Waals surface area (Å²) in [6.07, 6.45) is 3.56. The van der Waals surface area contributed by atoms with E-state index in [4.69, 9.17) is 5.73 Å². The molecule has 28 heavy (non-hydrogen) atoms. The number of rotatable bonds is 6. The molecule has 7 heteroatoms. The molecule has 0 aliphatic heterocycles. The molecule has 0 fully saturated rings. The molecule has 1 aromatic carbocycles. The summed E-state index contributed by atoms with van der Waals surface area (Å²) in [5.74, 6) is -0.218. The van der Waals surface area contributed by atoms with Crippen molar-refractivity contribution in [3.05, 3.63) is 74.1 Å². The molecule has 4 nitrogen and oxygen atoms in total. The van der Waals surface area contributed by atoms with Gasteiger partial charge < -0.3 is 10.3 Å². The van der Waals surface area contributed by atoms with E-state index in [1.165, 1.54) is 0 Å². The topological polar surface area (TPSA) is 60.9 Å². The number of carbonyl (C=O) groups excluding carboxylic acids is 1. The summed E-state index contributed by atoms with van der Waals surface area (Å²) >= 11 is 8.76. The summed E-state index contributed by atoms with van der Waals surface area (Å²) in [4.78, 5) is 17.5. The van der Waals surface area contributed by atoms with Crippen LogP contribution in [0.5, 0.6) is 0 Å². The van der Waals surface area contributed by atoms with Crippen molar-refractivity contribution in [2.75, 3.05) is 0 Å². The van der Waals surface area contributed by atoms with Crippen LogP contribution in [0, 0.1) is 6.92 Å². The first-order chi connectivity index (χ1) is 13.3. The Morgan fingerprint density at radius 2 is 1.79 bits per heavy atom. The van der Waals surface area contributed by atoms with Crippen LogP contribution < -0.4 is 5.73 Å². The summed E-state index contributed by atoms with van der Waals surface area (Å²) in [6, 6.07) is 10.1. The molecule has 0 unspecified atom stereocenters. The number of aromatic nitrogens is 2. The third-order valence-electron chi connectivity index (χ3n) is 4.48. The van der Waals surface area contributed by atoms with Crippen LogP contribution in [0.3, 0.4) is 0 Å². The second-order valence-corrected chi connectivity index (χ2v) is 9.74.